The minimum atomic E-state index is 0.675. The van der Waals surface area contributed by atoms with E-state index in [4.69, 9.17) is 0 Å². The zero-order valence-electron chi connectivity index (χ0n) is 9.72. The molecule has 0 spiro atoms. The van der Waals surface area contributed by atoms with Crippen molar-refractivity contribution in [3.63, 3.8) is 0 Å². The molecule has 1 N–H and O–H groups in total. The van der Waals surface area contributed by atoms with Crippen molar-refractivity contribution in [3.05, 3.63) is 18.2 Å². The second-order valence-electron chi connectivity index (χ2n) is 4.06. The molecular formula is C11H14N6. The maximum atomic E-state index is 4.51. The lowest BCUT2D eigenvalue weighted by Crippen LogP contribution is -2.44. The van der Waals surface area contributed by atoms with Gasteiger partial charge in [-0.25, -0.2) is 19.9 Å². The highest BCUT2D eigenvalue weighted by Gasteiger charge is 2.16. The quantitative estimate of drug-likeness (QED) is 0.751. The first-order chi connectivity index (χ1) is 8.34. The van der Waals surface area contributed by atoms with E-state index >= 15 is 0 Å². The number of aryl methyl sites for hydroxylation is 1. The lowest BCUT2D eigenvalue weighted by atomic mass is 10.3. The number of rotatable bonds is 1. The molecule has 1 aliphatic rings. The molecule has 2 aromatic rings. The Bertz CT molecular complexity index is 534. The van der Waals surface area contributed by atoms with Crippen LogP contribution in [0.4, 0.5) is 5.82 Å². The Kier molecular flexibility index (Phi) is 2.56. The molecule has 0 radical (unpaired) electrons. The average molecular weight is 230 g/mol. The van der Waals surface area contributed by atoms with Gasteiger partial charge in [-0.1, -0.05) is 0 Å². The van der Waals surface area contributed by atoms with Crippen molar-refractivity contribution in [1.29, 1.82) is 0 Å². The number of anilines is 1. The Morgan fingerprint density at radius 1 is 1.12 bits per heavy atom. The summed E-state index contributed by atoms with van der Waals surface area (Å²) in [4.78, 5) is 19.6. The van der Waals surface area contributed by atoms with Crippen LogP contribution in [0.1, 0.15) is 5.82 Å². The van der Waals surface area contributed by atoms with E-state index in [1.54, 1.807) is 12.4 Å². The van der Waals surface area contributed by atoms with Crippen LogP contribution in [0.3, 0.4) is 0 Å². The molecule has 3 heterocycles. The third kappa shape index (κ3) is 1.91. The van der Waals surface area contributed by atoms with Gasteiger partial charge < -0.3 is 10.2 Å². The summed E-state index contributed by atoms with van der Waals surface area (Å²) in [7, 11) is 0. The van der Waals surface area contributed by atoms with Gasteiger partial charge in [0.2, 0.25) is 0 Å². The first-order valence-electron chi connectivity index (χ1n) is 5.75. The Hall–Kier alpha value is -1.82. The minimum Gasteiger partial charge on any atom is -0.352 e. The minimum absolute atomic E-state index is 0.675. The van der Waals surface area contributed by atoms with E-state index in [9.17, 15) is 0 Å². The van der Waals surface area contributed by atoms with Crippen molar-refractivity contribution >= 4 is 17.0 Å². The molecule has 0 aromatic carbocycles. The van der Waals surface area contributed by atoms with Gasteiger partial charge in [0, 0.05) is 38.6 Å². The third-order valence-corrected chi connectivity index (χ3v) is 2.84. The van der Waals surface area contributed by atoms with Gasteiger partial charge >= 0.3 is 0 Å². The maximum absolute atomic E-state index is 4.51. The number of nitrogens with one attached hydrogen (secondary N) is 1. The zero-order valence-corrected chi connectivity index (χ0v) is 9.72. The summed E-state index contributed by atoms with van der Waals surface area (Å²) in [6.45, 7) is 5.74. The van der Waals surface area contributed by atoms with Gasteiger partial charge in [0.15, 0.2) is 17.0 Å². The molecule has 6 nitrogen and oxygen atoms in total. The van der Waals surface area contributed by atoms with Gasteiger partial charge in [-0.3, -0.25) is 0 Å². The molecule has 2 aromatic heterocycles. The molecule has 0 bridgehead atoms. The van der Waals surface area contributed by atoms with Gasteiger partial charge in [0.1, 0.15) is 5.82 Å². The molecule has 1 saturated heterocycles. The van der Waals surface area contributed by atoms with Crippen molar-refractivity contribution in [3.8, 4) is 0 Å². The Morgan fingerprint density at radius 3 is 2.71 bits per heavy atom. The number of hydrogen-bond acceptors (Lipinski definition) is 6. The molecule has 0 aliphatic carbocycles. The molecule has 17 heavy (non-hydrogen) atoms. The van der Waals surface area contributed by atoms with Crippen molar-refractivity contribution in [1.82, 2.24) is 25.3 Å². The summed E-state index contributed by atoms with van der Waals surface area (Å²) in [5.74, 6) is 1.65. The van der Waals surface area contributed by atoms with Crippen molar-refractivity contribution in [2.24, 2.45) is 0 Å². The lowest BCUT2D eigenvalue weighted by molar-refractivity contribution is 0.585. The second kappa shape index (κ2) is 4.21. The van der Waals surface area contributed by atoms with Gasteiger partial charge in [-0.15, -0.1) is 0 Å². The molecule has 88 valence electrons. The topological polar surface area (TPSA) is 66.8 Å². The van der Waals surface area contributed by atoms with Gasteiger partial charge in [0.25, 0.3) is 0 Å². The van der Waals surface area contributed by atoms with Gasteiger partial charge in [-0.05, 0) is 6.92 Å². The molecule has 0 saturated carbocycles. The number of hydrogen-bond donors (Lipinski definition) is 1. The van der Waals surface area contributed by atoms with Gasteiger partial charge in [-0.2, -0.15) is 0 Å². The summed E-state index contributed by atoms with van der Waals surface area (Å²) in [6, 6.07) is 0. The van der Waals surface area contributed by atoms with E-state index in [2.05, 4.69) is 30.2 Å². The van der Waals surface area contributed by atoms with Gasteiger partial charge in [0.05, 0.1) is 0 Å². The Labute approximate surface area is 99.1 Å². The maximum Gasteiger partial charge on any atom is 0.183 e. The summed E-state index contributed by atoms with van der Waals surface area (Å²) in [5, 5.41) is 3.33. The fourth-order valence-corrected chi connectivity index (χ4v) is 2.05. The highest BCUT2D eigenvalue weighted by molar-refractivity contribution is 5.82. The predicted octanol–water partition coefficient (Wildman–Crippen LogP) is 0.138. The molecule has 1 fully saturated rings. The fourth-order valence-electron chi connectivity index (χ4n) is 2.05. The highest BCUT2D eigenvalue weighted by Crippen LogP contribution is 2.20. The van der Waals surface area contributed by atoms with Crippen LogP contribution in [0.5, 0.6) is 0 Å². The molecular weight excluding hydrogens is 216 g/mol. The second-order valence-corrected chi connectivity index (χ2v) is 4.06. The largest absolute Gasteiger partial charge is 0.352 e. The van der Waals surface area contributed by atoms with Crippen LogP contribution in [-0.4, -0.2) is 46.1 Å². The molecule has 6 heteroatoms. The van der Waals surface area contributed by atoms with Crippen molar-refractivity contribution in [2.75, 3.05) is 31.1 Å². The summed E-state index contributed by atoms with van der Waals surface area (Å²) < 4.78 is 0. The van der Waals surface area contributed by atoms with Crippen LogP contribution >= 0.6 is 0 Å². The van der Waals surface area contributed by atoms with Crippen LogP contribution in [-0.2, 0) is 0 Å². The highest BCUT2D eigenvalue weighted by atomic mass is 15.2. The summed E-state index contributed by atoms with van der Waals surface area (Å²) in [5.41, 5.74) is 1.47. The fraction of sp³-hybridized carbons (Fsp3) is 0.455. The lowest BCUT2D eigenvalue weighted by Gasteiger charge is -2.28. The average Bonchev–Trinajstić information content (AvgIpc) is 2.39. The van der Waals surface area contributed by atoms with Crippen molar-refractivity contribution < 1.29 is 0 Å². The van der Waals surface area contributed by atoms with Crippen LogP contribution < -0.4 is 10.2 Å². The van der Waals surface area contributed by atoms with E-state index in [-0.39, 0.29) is 0 Å². The van der Waals surface area contributed by atoms with Crippen LogP contribution in [0.25, 0.3) is 11.2 Å². The SMILES string of the molecule is Cc1nc(N2CCNCC2)c2nccnc2n1. The normalized spacial score (nSPS) is 16.4. The summed E-state index contributed by atoms with van der Waals surface area (Å²) in [6.07, 6.45) is 3.35. The van der Waals surface area contributed by atoms with Crippen LogP contribution in [0.2, 0.25) is 0 Å². The molecule has 1 aliphatic heterocycles. The first kappa shape index (κ1) is 10.3. The van der Waals surface area contributed by atoms with Crippen LogP contribution in [0.15, 0.2) is 12.4 Å². The van der Waals surface area contributed by atoms with E-state index in [1.165, 1.54) is 0 Å². The molecule has 0 atom stereocenters. The Morgan fingerprint density at radius 2 is 1.88 bits per heavy atom. The molecule has 0 amide bonds. The number of nitrogens with zero attached hydrogens (tertiary/aromatic N) is 5. The van der Waals surface area contributed by atoms with Crippen molar-refractivity contribution in [2.45, 2.75) is 6.92 Å². The van der Waals surface area contributed by atoms with E-state index in [1.807, 2.05) is 6.92 Å². The third-order valence-electron chi connectivity index (χ3n) is 2.84. The Balaban J connectivity index is 2.13. The smallest absolute Gasteiger partial charge is 0.183 e. The number of piperazine rings is 1. The summed E-state index contributed by atoms with van der Waals surface area (Å²) >= 11 is 0. The van der Waals surface area contributed by atoms with E-state index in [0.717, 1.165) is 43.3 Å². The zero-order chi connectivity index (χ0) is 11.7. The van der Waals surface area contributed by atoms with E-state index < -0.39 is 0 Å². The standard InChI is InChI=1S/C11H14N6/c1-8-15-10-9(13-2-3-14-10)11(16-8)17-6-4-12-5-7-17/h2-3,12H,4-7H2,1H3. The monoisotopic (exact) mass is 230 g/mol. The predicted molar refractivity (Wildman–Crippen MR) is 64.9 cm³/mol. The number of fused-ring (bicyclic) bond motifs is 1. The number of aromatic nitrogens is 4. The van der Waals surface area contributed by atoms with E-state index in [0.29, 0.717) is 5.65 Å². The van der Waals surface area contributed by atoms with Crippen LogP contribution in [0, 0.1) is 6.92 Å². The molecule has 0 unspecified atom stereocenters. The first-order valence-corrected chi connectivity index (χ1v) is 5.75. The molecule has 3 rings (SSSR count).